The first kappa shape index (κ1) is 16.3. The molecule has 2 aromatic rings. The van der Waals surface area contributed by atoms with Gasteiger partial charge in [-0.25, -0.2) is 0 Å². The van der Waals surface area contributed by atoms with Gasteiger partial charge in [0, 0.05) is 37.1 Å². The maximum absolute atomic E-state index is 10.5. The molecule has 1 heterocycles. The molecule has 0 atom stereocenters. The van der Waals surface area contributed by atoms with E-state index in [4.69, 9.17) is 0 Å². The summed E-state index contributed by atoms with van der Waals surface area (Å²) in [6.07, 6.45) is 2.46. The number of aliphatic hydroxyl groups excluding tert-OH is 1. The van der Waals surface area contributed by atoms with E-state index < -0.39 is 0 Å². The number of benzene rings is 1. The van der Waals surface area contributed by atoms with Crippen LogP contribution in [0.3, 0.4) is 0 Å². The smallest absolute Gasteiger partial charge is 0.151 e. The molecule has 6 heteroatoms. The van der Waals surface area contributed by atoms with Crippen molar-refractivity contribution in [3.8, 4) is 11.5 Å². The molecule has 0 aliphatic heterocycles. The average molecular weight is 305 g/mol. The van der Waals surface area contributed by atoms with Gasteiger partial charge in [-0.05, 0) is 27.4 Å². The highest BCUT2D eigenvalue weighted by Gasteiger charge is 2.20. The van der Waals surface area contributed by atoms with Crippen molar-refractivity contribution in [3.63, 3.8) is 0 Å². The molecule has 6 nitrogen and oxygen atoms in total. The Morgan fingerprint density at radius 1 is 1.32 bits per heavy atom. The van der Waals surface area contributed by atoms with Crippen LogP contribution in [0.15, 0.2) is 11.1 Å². The highest BCUT2D eigenvalue weighted by atomic mass is 16.3. The third-order valence-corrected chi connectivity index (χ3v) is 3.90. The topological polar surface area (TPSA) is 81.2 Å². The van der Waals surface area contributed by atoms with Crippen LogP contribution in [0.2, 0.25) is 0 Å². The summed E-state index contributed by atoms with van der Waals surface area (Å²) in [5.41, 5.74) is 2.22. The Morgan fingerprint density at radius 2 is 2.00 bits per heavy atom. The Hall–Kier alpha value is -2.05. The van der Waals surface area contributed by atoms with Gasteiger partial charge in [-0.3, -0.25) is 4.99 Å². The average Bonchev–Trinajstić information content (AvgIpc) is 2.72. The third-order valence-electron chi connectivity index (χ3n) is 3.90. The van der Waals surface area contributed by atoms with Gasteiger partial charge in [0.05, 0.1) is 17.5 Å². The summed E-state index contributed by atoms with van der Waals surface area (Å²) in [7, 11) is 5.74. The van der Waals surface area contributed by atoms with E-state index in [2.05, 4.69) is 4.99 Å². The van der Waals surface area contributed by atoms with E-state index in [1.807, 2.05) is 25.9 Å². The number of aryl methyl sites for hydroxylation is 1. The zero-order valence-electron chi connectivity index (χ0n) is 13.5. The first-order valence-corrected chi connectivity index (χ1v) is 7.19. The molecular weight excluding hydrogens is 282 g/mol. The predicted molar refractivity (Wildman–Crippen MR) is 88.2 cm³/mol. The van der Waals surface area contributed by atoms with Crippen molar-refractivity contribution in [2.75, 3.05) is 20.6 Å². The molecule has 0 amide bonds. The van der Waals surface area contributed by atoms with E-state index in [0.717, 1.165) is 18.7 Å². The molecule has 0 fully saturated rings. The lowest BCUT2D eigenvalue weighted by Crippen LogP contribution is -2.12. The van der Waals surface area contributed by atoms with Gasteiger partial charge in [0.25, 0.3) is 0 Å². The number of phenols is 2. The molecule has 0 saturated carbocycles. The van der Waals surface area contributed by atoms with E-state index >= 15 is 0 Å². The molecule has 0 unspecified atom stereocenters. The summed E-state index contributed by atoms with van der Waals surface area (Å²) < 4.78 is 1.76. The molecule has 1 aromatic carbocycles. The number of phenolic OH excluding ortho intramolecular Hbond substituents is 2. The van der Waals surface area contributed by atoms with E-state index in [-0.39, 0.29) is 18.1 Å². The van der Waals surface area contributed by atoms with Crippen LogP contribution in [0, 0.1) is 6.92 Å². The second kappa shape index (κ2) is 6.37. The number of aliphatic hydroxyl groups is 1. The van der Waals surface area contributed by atoms with Gasteiger partial charge in [0.15, 0.2) is 5.75 Å². The van der Waals surface area contributed by atoms with E-state index in [0.29, 0.717) is 22.2 Å². The monoisotopic (exact) mass is 305 g/mol. The zero-order chi connectivity index (χ0) is 16.4. The quantitative estimate of drug-likeness (QED) is 0.583. The molecule has 120 valence electrons. The number of hydrogen-bond donors (Lipinski definition) is 3. The summed E-state index contributed by atoms with van der Waals surface area (Å²) in [5.74, 6) is 0.0273. The fraction of sp³-hybridized carbons (Fsp3) is 0.438. The maximum atomic E-state index is 10.5. The number of rotatable bonds is 5. The predicted octanol–water partition coefficient (Wildman–Crippen LogP) is 2.04. The number of aromatic hydroxyl groups is 2. The minimum atomic E-state index is -0.204. The Bertz CT molecular complexity index is 717. The van der Waals surface area contributed by atoms with Gasteiger partial charge < -0.3 is 24.8 Å². The summed E-state index contributed by atoms with van der Waals surface area (Å²) >= 11 is 0. The van der Waals surface area contributed by atoms with Crippen LogP contribution in [-0.2, 0) is 13.7 Å². The minimum Gasteiger partial charge on any atom is -0.506 e. The van der Waals surface area contributed by atoms with Gasteiger partial charge >= 0.3 is 0 Å². The molecule has 2 rings (SSSR count). The van der Waals surface area contributed by atoms with Crippen LogP contribution >= 0.6 is 0 Å². The molecule has 1 aromatic heterocycles. The number of aliphatic imine (C=N–C) groups is 1. The van der Waals surface area contributed by atoms with Gasteiger partial charge in [-0.15, -0.1) is 0 Å². The van der Waals surface area contributed by atoms with Crippen LogP contribution in [0.1, 0.15) is 17.7 Å². The maximum Gasteiger partial charge on any atom is 0.151 e. The standard InChI is InChI=1S/C16H23N3O3/c1-10-11(9-20)14-15(19(10)4)13(21)8-12(16(14)22)17-6-5-7-18(2)3/h6,8,20-22H,5,7,9H2,1-4H3. The second-order valence-electron chi connectivity index (χ2n) is 5.67. The summed E-state index contributed by atoms with van der Waals surface area (Å²) in [4.78, 5) is 6.29. The minimum absolute atomic E-state index is 0.0124. The van der Waals surface area contributed by atoms with Crippen LogP contribution in [0.25, 0.3) is 10.9 Å². The fourth-order valence-electron chi connectivity index (χ4n) is 2.58. The number of hydrogen-bond acceptors (Lipinski definition) is 5. The SMILES string of the molecule is Cc1c(CO)c2c(O)c(N=CCCN(C)C)cc(O)c2n1C. The molecule has 0 bridgehead atoms. The van der Waals surface area contributed by atoms with E-state index in [1.165, 1.54) is 6.07 Å². The Morgan fingerprint density at radius 3 is 2.59 bits per heavy atom. The highest BCUT2D eigenvalue weighted by molar-refractivity contribution is 5.99. The molecular formula is C16H23N3O3. The van der Waals surface area contributed by atoms with E-state index in [1.54, 1.807) is 17.8 Å². The van der Waals surface area contributed by atoms with Crippen LogP contribution in [0.4, 0.5) is 5.69 Å². The Balaban J connectivity index is 2.52. The van der Waals surface area contributed by atoms with Crippen molar-refractivity contribution >= 4 is 22.8 Å². The van der Waals surface area contributed by atoms with Crippen LogP contribution in [-0.4, -0.2) is 51.6 Å². The Kier molecular flexibility index (Phi) is 4.73. The van der Waals surface area contributed by atoms with E-state index in [9.17, 15) is 15.3 Å². The number of fused-ring (bicyclic) bond motifs is 1. The van der Waals surface area contributed by atoms with Gasteiger partial charge in [0.2, 0.25) is 0 Å². The molecule has 0 spiro atoms. The van der Waals surface area contributed by atoms with Crippen molar-refractivity contribution in [3.05, 3.63) is 17.3 Å². The lowest BCUT2D eigenvalue weighted by atomic mass is 10.1. The number of nitrogens with zero attached hydrogens (tertiary/aromatic N) is 3. The largest absolute Gasteiger partial charge is 0.506 e. The van der Waals surface area contributed by atoms with Crippen molar-refractivity contribution in [2.24, 2.45) is 12.0 Å². The van der Waals surface area contributed by atoms with Gasteiger partial charge in [-0.1, -0.05) is 0 Å². The molecule has 0 saturated heterocycles. The molecule has 0 aliphatic carbocycles. The zero-order valence-corrected chi connectivity index (χ0v) is 13.5. The lowest BCUT2D eigenvalue weighted by Gasteiger charge is -2.07. The third kappa shape index (κ3) is 2.80. The van der Waals surface area contributed by atoms with Crippen molar-refractivity contribution in [1.29, 1.82) is 0 Å². The summed E-state index contributed by atoms with van der Waals surface area (Å²) in [5, 5.41) is 30.7. The van der Waals surface area contributed by atoms with Gasteiger partial charge in [0.1, 0.15) is 11.4 Å². The molecule has 3 N–H and O–H groups in total. The Labute approximate surface area is 129 Å². The first-order chi connectivity index (χ1) is 10.4. The second-order valence-corrected chi connectivity index (χ2v) is 5.67. The normalized spacial score (nSPS) is 12.1. The molecule has 0 radical (unpaired) electrons. The highest BCUT2D eigenvalue weighted by Crippen LogP contribution is 2.43. The van der Waals surface area contributed by atoms with Crippen molar-refractivity contribution < 1.29 is 15.3 Å². The first-order valence-electron chi connectivity index (χ1n) is 7.19. The molecule has 22 heavy (non-hydrogen) atoms. The lowest BCUT2D eigenvalue weighted by molar-refractivity contribution is 0.282. The summed E-state index contributed by atoms with van der Waals surface area (Å²) in [6, 6.07) is 1.45. The van der Waals surface area contributed by atoms with Crippen molar-refractivity contribution in [1.82, 2.24) is 9.47 Å². The van der Waals surface area contributed by atoms with Gasteiger partial charge in [-0.2, -0.15) is 0 Å². The van der Waals surface area contributed by atoms with Crippen LogP contribution in [0.5, 0.6) is 11.5 Å². The number of aromatic nitrogens is 1. The molecule has 0 aliphatic rings. The fourth-order valence-corrected chi connectivity index (χ4v) is 2.58. The van der Waals surface area contributed by atoms with Crippen LogP contribution < -0.4 is 0 Å². The summed E-state index contributed by atoms with van der Waals surface area (Å²) in [6.45, 7) is 2.49. The van der Waals surface area contributed by atoms with Crippen molar-refractivity contribution in [2.45, 2.75) is 20.0 Å².